The van der Waals surface area contributed by atoms with Crippen LogP contribution in [-0.2, 0) is 19.1 Å². The zero-order chi connectivity index (χ0) is 15.7. The van der Waals surface area contributed by atoms with Gasteiger partial charge in [0.1, 0.15) is 6.42 Å². The van der Waals surface area contributed by atoms with Crippen LogP contribution in [0.4, 0.5) is 0 Å². The maximum Gasteiger partial charge on any atom is 0.338 e. The summed E-state index contributed by atoms with van der Waals surface area (Å²) in [5.74, 6) is -1.31. The van der Waals surface area contributed by atoms with Crippen LogP contribution >= 0.6 is 0 Å². The first-order chi connectivity index (χ1) is 10.1. The van der Waals surface area contributed by atoms with Crippen molar-refractivity contribution in [1.29, 1.82) is 0 Å². The first-order valence-corrected chi connectivity index (χ1v) is 6.70. The third kappa shape index (κ3) is 6.03. The van der Waals surface area contributed by atoms with Crippen molar-refractivity contribution in [3.05, 3.63) is 41.5 Å². The van der Waals surface area contributed by atoms with E-state index in [0.29, 0.717) is 17.7 Å². The molecule has 0 aliphatic carbocycles. The van der Waals surface area contributed by atoms with Crippen LogP contribution in [0.25, 0.3) is 6.08 Å². The van der Waals surface area contributed by atoms with E-state index in [1.807, 2.05) is 0 Å². The Bertz CT molecular complexity index is 545. The van der Waals surface area contributed by atoms with Crippen LogP contribution < -0.4 is 0 Å². The number of carbonyl (C=O) groups excluding carboxylic acids is 3. The van der Waals surface area contributed by atoms with Crippen LogP contribution in [-0.4, -0.2) is 30.9 Å². The number of hydrogen-bond donors (Lipinski definition) is 0. The van der Waals surface area contributed by atoms with Crippen molar-refractivity contribution in [2.45, 2.75) is 20.3 Å². The minimum atomic E-state index is -0.549. The van der Waals surface area contributed by atoms with E-state index in [1.165, 1.54) is 6.08 Å². The maximum atomic E-state index is 11.6. The molecule has 0 spiro atoms. The monoisotopic (exact) mass is 290 g/mol. The topological polar surface area (TPSA) is 69.7 Å². The molecule has 1 aromatic rings. The van der Waals surface area contributed by atoms with Crippen LogP contribution in [0.15, 0.2) is 30.3 Å². The highest BCUT2D eigenvalue weighted by Crippen LogP contribution is 2.09. The van der Waals surface area contributed by atoms with Gasteiger partial charge in [0.15, 0.2) is 5.78 Å². The lowest BCUT2D eigenvalue weighted by Gasteiger charge is -2.02. The molecule has 0 aliphatic heterocycles. The highest BCUT2D eigenvalue weighted by molar-refractivity contribution is 6.04. The first kappa shape index (κ1) is 16.6. The van der Waals surface area contributed by atoms with Crippen molar-refractivity contribution >= 4 is 23.8 Å². The molecule has 1 aromatic carbocycles. The van der Waals surface area contributed by atoms with Crippen molar-refractivity contribution in [3.8, 4) is 0 Å². The highest BCUT2D eigenvalue weighted by Gasteiger charge is 2.08. The van der Waals surface area contributed by atoms with E-state index in [-0.39, 0.29) is 18.8 Å². The van der Waals surface area contributed by atoms with E-state index in [4.69, 9.17) is 4.74 Å². The van der Waals surface area contributed by atoms with Gasteiger partial charge in [0.25, 0.3) is 0 Å². The maximum absolute atomic E-state index is 11.6. The summed E-state index contributed by atoms with van der Waals surface area (Å²) in [5.41, 5.74) is 1.09. The van der Waals surface area contributed by atoms with Gasteiger partial charge in [-0.25, -0.2) is 4.79 Å². The number of hydrogen-bond acceptors (Lipinski definition) is 5. The van der Waals surface area contributed by atoms with Crippen LogP contribution in [0.3, 0.4) is 0 Å². The Morgan fingerprint density at radius 1 is 1.10 bits per heavy atom. The number of ketones is 1. The molecule has 0 bridgehead atoms. The van der Waals surface area contributed by atoms with E-state index in [0.717, 1.165) is 0 Å². The van der Waals surface area contributed by atoms with Gasteiger partial charge in [0, 0.05) is 0 Å². The van der Waals surface area contributed by atoms with Gasteiger partial charge in [-0.1, -0.05) is 18.2 Å². The smallest absolute Gasteiger partial charge is 0.338 e. The molecule has 1 rings (SSSR count). The van der Waals surface area contributed by atoms with Gasteiger partial charge in [-0.05, 0) is 37.6 Å². The molecule has 21 heavy (non-hydrogen) atoms. The molecule has 0 heterocycles. The van der Waals surface area contributed by atoms with E-state index >= 15 is 0 Å². The van der Waals surface area contributed by atoms with E-state index < -0.39 is 11.9 Å². The molecule has 0 saturated heterocycles. The highest BCUT2D eigenvalue weighted by atomic mass is 16.5. The van der Waals surface area contributed by atoms with Gasteiger partial charge >= 0.3 is 11.9 Å². The molecule has 0 amide bonds. The normalized spacial score (nSPS) is 10.4. The minimum absolute atomic E-state index is 0.247. The average molecular weight is 290 g/mol. The zero-order valence-electron chi connectivity index (χ0n) is 12.1. The summed E-state index contributed by atoms with van der Waals surface area (Å²) in [6, 6.07) is 6.69. The van der Waals surface area contributed by atoms with E-state index in [9.17, 15) is 14.4 Å². The molecular formula is C16H18O5. The average Bonchev–Trinajstić information content (AvgIpc) is 2.46. The van der Waals surface area contributed by atoms with Crippen molar-refractivity contribution in [1.82, 2.24) is 0 Å². The van der Waals surface area contributed by atoms with Gasteiger partial charge in [-0.2, -0.15) is 0 Å². The molecule has 0 saturated carbocycles. The summed E-state index contributed by atoms with van der Waals surface area (Å²) >= 11 is 0. The standard InChI is InChI=1S/C16H18O5/c1-3-20-15(18)11-14(17)9-8-12-6-5-7-13(10-12)16(19)21-4-2/h5-10H,3-4,11H2,1-2H3. The third-order valence-corrected chi connectivity index (χ3v) is 2.48. The van der Waals surface area contributed by atoms with Gasteiger partial charge in [0.05, 0.1) is 18.8 Å². The second kappa shape index (κ2) is 8.68. The first-order valence-electron chi connectivity index (χ1n) is 6.70. The molecule has 0 aromatic heterocycles. The second-order valence-electron chi connectivity index (χ2n) is 4.13. The van der Waals surface area contributed by atoms with Crippen molar-refractivity contribution in [3.63, 3.8) is 0 Å². The van der Waals surface area contributed by atoms with E-state index in [1.54, 1.807) is 44.2 Å². The number of ether oxygens (including phenoxy) is 2. The summed E-state index contributed by atoms with van der Waals surface area (Å²) in [6.45, 7) is 3.96. The Morgan fingerprint density at radius 3 is 2.48 bits per heavy atom. The Labute approximate surface area is 123 Å². The fourth-order valence-electron chi connectivity index (χ4n) is 1.59. The van der Waals surface area contributed by atoms with Crippen molar-refractivity contribution in [2.75, 3.05) is 13.2 Å². The molecule has 0 fully saturated rings. The number of rotatable bonds is 7. The zero-order valence-corrected chi connectivity index (χ0v) is 12.1. The third-order valence-electron chi connectivity index (χ3n) is 2.48. The van der Waals surface area contributed by atoms with Gasteiger partial charge in [-0.15, -0.1) is 0 Å². The molecule has 112 valence electrons. The Morgan fingerprint density at radius 2 is 1.81 bits per heavy atom. The lowest BCUT2D eigenvalue weighted by Crippen LogP contribution is -2.09. The van der Waals surface area contributed by atoms with Crippen LogP contribution in [0, 0.1) is 0 Å². The Balaban J connectivity index is 2.68. The number of allylic oxidation sites excluding steroid dienone is 1. The predicted octanol–water partition coefficient (Wildman–Crippen LogP) is 2.40. The van der Waals surface area contributed by atoms with Crippen LogP contribution in [0.5, 0.6) is 0 Å². The minimum Gasteiger partial charge on any atom is -0.466 e. The molecule has 0 unspecified atom stereocenters. The summed E-state index contributed by atoms with van der Waals surface area (Å²) in [7, 11) is 0. The Kier molecular flexibility index (Phi) is 6.87. The Hall–Kier alpha value is -2.43. The predicted molar refractivity (Wildman–Crippen MR) is 77.7 cm³/mol. The lowest BCUT2D eigenvalue weighted by molar-refractivity contribution is -0.144. The number of carbonyl (C=O) groups is 3. The molecular weight excluding hydrogens is 272 g/mol. The largest absolute Gasteiger partial charge is 0.466 e. The summed E-state index contributed by atoms with van der Waals surface area (Å²) in [4.78, 5) is 34.3. The fraction of sp³-hybridized carbons (Fsp3) is 0.312. The van der Waals surface area contributed by atoms with Gasteiger partial charge < -0.3 is 9.47 Å². The van der Waals surface area contributed by atoms with Crippen LogP contribution in [0.2, 0.25) is 0 Å². The van der Waals surface area contributed by atoms with Crippen molar-refractivity contribution in [2.24, 2.45) is 0 Å². The second-order valence-corrected chi connectivity index (χ2v) is 4.13. The van der Waals surface area contributed by atoms with Gasteiger partial charge in [-0.3, -0.25) is 9.59 Å². The molecule has 5 nitrogen and oxygen atoms in total. The SMILES string of the molecule is CCOC(=O)CC(=O)C=Cc1cccc(C(=O)OCC)c1. The fourth-order valence-corrected chi connectivity index (χ4v) is 1.59. The molecule has 0 N–H and O–H groups in total. The molecule has 0 atom stereocenters. The molecule has 5 heteroatoms. The quantitative estimate of drug-likeness (QED) is 0.438. The van der Waals surface area contributed by atoms with E-state index in [2.05, 4.69) is 4.74 Å². The molecule has 0 radical (unpaired) electrons. The number of benzene rings is 1. The van der Waals surface area contributed by atoms with Gasteiger partial charge in [0.2, 0.25) is 0 Å². The summed E-state index contributed by atoms with van der Waals surface area (Å²) in [6.07, 6.45) is 2.55. The lowest BCUT2D eigenvalue weighted by atomic mass is 10.1. The summed E-state index contributed by atoms with van der Waals surface area (Å²) < 4.78 is 9.58. The van der Waals surface area contributed by atoms with Crippen molar-refractivity contribution < 1.29 is 23.9 Å². The van der Waals surface area contributed by atoms with Crippen LogP contribution in [0.1, 0.15) is 36.2 Å². The molecule has 0 aliphatic rings. The summed E-state index contributed by atoms with van der Waals surface area (Å²) in [5, 5.41) is 0. The number of esters is 2.